The van der Waals surface area contributed by atoms with Gasteiger partial charge in [0.15, 0.2) is 0 Å². The number of pyridine rings is 1. The highest BCUT2D eigenvalue weighted by Gasteiger charge is 2.17. The molecule has 0 bridgehead atoms. The summed E-state index contributed by atoms with van der Waals surface area (Å²) < 4.78 is 1.79. The minimum Gasteiger partial charge on any atom is -0.341 e. The average molecular weight is 336 g/mol. The van der Waals surface area contributed by atoms with E-state index in [4.69, 9.17) is 0 Å². The largest absolute Gasteiger partial charge is 0.341 e. The van der Waals surface area contributed by atoms with Gasteiger partial charge in [0.1, 0.15) is 11.3 Å². The van der Waals surface area contributed by atoms with Gasteiger partial charge < -0.3 is 10.2 Å². The summed E-state index contributed by atoms with van der Waals surface area (Å²) >= 11 is 0. The average Bonchev–Trinajstić information content (AvgIpc) is 2.99. The standard InChI is InChI=1S/C18H20N6O/c1-13-16(24-10-6-3-7-15(24)21-13)17(25)22-14-11-19-18(20-12-14)23-8-4-2-5-9-23/h3,6-7,10-12H,2,4-5,8-9H2,1H3,(H,22,25). The van der Waals surface area contributed by atoms with Crippen LogP contribution in [0.15, 0.2) is 36.8 Å². The zero-order valence-corrected chi connectivity index (χ0v) is 14.1. The molecule has 0 aromatic carbocycles. The summed E-state index contributed by atoms with van der Waals surface area (Å²) in [7, 11) is 0. The Hall–Kier alpha value is -2.96. The van der Waals surface area contributed by atoms with Crippen LogP contribution >= 0.6 is 0 Å². The lowest BCUT2D eigenvalue weighted by Gasteiger charge is -2.26. The lowest BCUT2D eigenvalue weighted by molar-refractivity contribution is 0.102. The molecule has 0 unspecified atom stereocenters. The number of rotatable bonds is 3. The lowest BCUT2D eigenvalue weighted by atomic mass is 10.1. The van der Waals surface area contributed by atoms with Gasteiger partial charge >= 0.3 is 0 Å². The van der Waals surface area contributed by atoms with Crippen LogP contribution in [0.5, 0.6) is 0 Å². The molecule has 3 aromatic heterocycles. The molecule has 7 heteroatoms. The van der Waals surface area contributed by atoms with Gasteiger partial charge in [-0.3, -0.25) is 9.20 Å². The van der Waals surface area contributed by atoms with Crippen LogP contribution in [0.2, 0.25) is 0 Å². The number of nitrogens with zero attached hydrogens (tertiary/aromatic N) is 5. The van der Waals surface area contributed by atoms with E-state index in [1.807, 2.05) is 31.3 Å². The maximum atomic E-state index is 12.7. The van der Waals surface area contributed by atoms with E-state index in [1.165, 1.54) is 19.3 Å². The Bertz CT molecular complexity index is 896. The summed E-state index contributed by atoms with van der Waals surface area (Å²) in [6.45, 7) is 3.82. The van der Waals surface area contributed by atoms with Gasteiger partial charge in [0.25, 0.3) is 5.91 Å². The topological polar surface area (TPSA) is 75.4 Å². The predicted molar refractivity (Wildman–Crippen MR) is 96.0 cm³/mol. The summed E-state index contributed by atoms with van der Waals surface area (Å²) in [6, 6.07) is 5.65. The molecule has 1 fully saturated rings. The molecule has 0 atom stereocenters. The number of fused-ring (bicyclic) bond motifs is 1. The first-order chi connectivity index (χ1) is 12.2. The fourth-order valence-electron chi connectivity index (χ4n) is 3.22. The van der Waals surface area contributed by atoms with Crippen LogP contribution in [0.25, 0.3) is 5.65 Å². The molecule has 25 heavy (non-hydrogen) atoms. The molecule has 1 amide bonds. The van der Waals surface area contributed by atoms with Crippen molar-refractivity contribution in [2.45, 2.75) is 26.2 Å². The predicted octanol–water partition coefficient (Wildman–Crippen LogP) is 2.68. The highest BCUT2D eigenvalue weighted by Crippen LogP contribution is 2.17. The van der Waals surface area contributed by atoms with E-state index in [-0.39, 0.29) is 5.91 Å². The van der Waals surface area contributed by atoms with Gasteiger partial charge in [0.2, 0.25) is 5.95 Å². The molecule has 4 rings (SSSR count). The van der Waals surface area contributed by atoms with Crippen molar-refractivity contribution in [2.24, 2.45) is 0 Å². The number of amides is 1. The van der Waals surface area contributed by atoms with Gasteiger partial charge in [-0.2, -0.15) is 0 Å². The van der Waals surface area contributed by atoms with Crippen LogP contribution in [0.4, 0.5) is 11.6 Å². The first kappa shape index (κ1) is 15.6. The van der Waals surface area contributed by atoms with Crippen molar-refractivity contribution in [1.29, 1.82) is 0 Å². The number of hydrogen-bond donors (Lipinski definition) is 1. The second kappa shape index (κ2) is 6.51. The number of aryl methyl sites for hydroxylation is 1. The molecule has 1 N–H and O–H groups in total. The Balaban J connectivity index is 1.53. The first-order valence-corrected chi connectivity index (χ1v) is 8.54. The van der Waals surface area contributed by atoms with E-state index in [1.54, 1.807) is 16.8 Å². The van der Waals surface area contributed by atoms with Crippen molar-refractivity contribution in [1.82, 2.24) is 19.4 Å². The number of hydrogen-bond acceptors (Lipinski definition) is 5. The summed E-state index contributed by atoms with van der Waals surface area (Å²) in [5.41, 5.74) is 2.54. The van der Waals surface area contributed by atoms with Gasteiger partial charge in [-0.05, 0) is 38.3 Å². The molecule has 1 aliphatic heterocycles. The van der Waals surface area contributed by atoms with Gasteiger partial charge in [0.05, 0.1) is 23.8 Å². The van der Waals surface area contributed by atoms with Crippen molar-refractivity contribution >= 4 is 23.2 Å². The zero-order chi connectivity index (χ0) is 17.2. The van der Waals surface area contributed by atoms with Crippen molar-refractivity contribution < 1.29 is 4.79 Å². The monoisotopic (exact) mass is 336 g/mol. The molecular weight excluding hydrogens is 316 g/mol. The number of nitrogens with one attached hydrogen (secondary N) is 1. The smallest absolute Gasteiger partial charge is 0.274 e. The number of piperidine rings is 1. The zero-order valence-electron chi connectivity index (χ0n) is 14.1. The Labute approximate surface area is 145 Å². The Morgan fingerprint density at radius 3 is 2.64 bits per heavy atom. The van der Waals surface area contributed by atoms with Gasteiger partial charge in [0, 0.05) is 19.3 Å². The van der Waals surface area contributed by atoms with Gasteiger partial charge in [-0.25, -0.2) is 15.0 Å². The number of imidazole rings is 1. The summed E-state index contributed by atoms with van der Waals surface area (Å²) in [6.07, 6.45) is 8.77. The quantitative estimate of drug-likeness (QED) is 0.796. The van der Waals surface area contributed by atoms with Crippen molar-refractivity contribution in [3.8, 4) is 0 Å². The Kier molecular flexibility index (Phi) is 4.05. The van der Waals surface area contributed by atoms with Gasteiger partial charge in [-0.15, -0.1) is 0 Å². The molecule has 0 saturated carbocycles. The highest BCUT2D eigenvalue weighted by atomic mass is 16.2. The molecule has 1 saturated heterocycles. The summed E-state index contributed by atoms with van der Waals surface area (Å²) in [5.74, 6) is 0.509. The molecule has 0 spiro atoms. The van der Waals surface area contributed by atoms with Crippen LogP contribution in [0.1, 0.15) is 35.4 Å². The van der Waals surface area contributed by atoms with Crippen LogP contribution < -0.4 is 10.2 Å². The molecule has 4 heterocycles. The maximum Gasteiger partial charge on any atom is 0.274 e. The van der Waals surface area contributed by atoms with E-state index >= 15 is 0 Å². The molecular formula is C18H20N6O. The lowest BCUT2D eigenvalue weighted by Crippen LogP contribution is -2.30. The van der Waals surface area contributed by atoms with Crippen molar-refractivity contribution in [2.75, 3.05) is 23.3 Å². The number of carbonyl (C=O) groups excluding carboxylic acids is 1. The van der Waals surface area contributed by atoms with E-state index in [9.17, 15) is 4.79 Å². The molecule has 7 nitrogen and oxygen atoms in total. The Morgan fingerprint density at radius 2 is 1.88 bits per heavy atom. The summed E-state index contributed by atoms with van der Waals surface area (Å²) in [4.78, 5) is 28.1. The maximum absolute atomic E-state index is 12.7. The van der Waals surface area contributed by atoms with Crippen LogP contribution in [-0.4, -0.2) is 38.3 Å². The Morgan fingerprint density at radius 1 is 1.12 bits per heavy atom. The molecule has 0 radical (unpaired) electrons. The second-order valence-corrected chi connectivity index (χ2v) is 6.25. The van der Waals surface area contributed by atoms with Crippen LogP contribution in [0.3, 0.4) is 0 Å². The van der Waals surface area contributed by atoms with E-state index in [2.05, 4.69) is 25.2 Å². The number of aromatic nitrogens is 4. The fraction of sp³-hybridized carbons (Fsp3) is 0.333. The summed E-state index contributed by atoms with van der Waals surface area (Å²) in [5, 5.41) is 2.86. The van der Waals surface area contributed by atoms with E-state index in [0.29, 0.717) is 17.1 Å². The first-order valence-electron chi connectivity index (χ1n) is 8.54. The second-order valence-electron chi connectivity index (χ2n) is 6.25. The fourth-order valence-corrected chi connectivity index (χ4v) is 3.22. The molecule has 3 aromatic rings. The number of anilines is 2. The normalized spacial score (nSPS) is 14.7. The minimum atomic E-state index is -0.217. The molecule has 0 aliphatic carbocycles. The van der Waals surface area contributed by atoms with Crippen molar-refractivity contribution in [3.63, 3.8) is 0 Å². The SMILES string of the molecule is Cc1nc2ccccn2c1C(=O)Nc1cnc(N2CCCCC2)nc1. The van der Waals surface area contributed by atoms with Crippen LogP contribution in [0, 0.1) is 6.92 Å². The van der Waals surface area contributed by atoms with E-state index in [0.717, 1.165) is 24.7 Å². The third-order valence-corrected chi connectivity index (χ3v) is 4.45. The molecule has 128 valence electrons. The minimum absolute atomic E-state index is 0.217. The van der Waals surface area contributed by atoms with Gasteiger partial charge in [-0.1, -0.05) is 6.07 Å². The number of carbonyl (C=O) groups is 1. The van der Waals surface area contributed by atoms with E-state index < -0.39 is 0 Å². The third-order valence-electron chi connectivity index (χ3n) is 4.45. The third kappa shape index (κ3) is 3.05. The highest BCUT2D eigenvalue weighted by molar-refractivity contribution is 6.04. The molecule has 1 aliphatic rings. The van der Waals surface area contributed by atoms with Crippen LogP contribution in [-0.2, 0) is 0 Å². The van der Waals surface area contributed by atoms with Crippen molar-refractivity contribution in [3.05, 3.63) is 48.2 Å².